The first-order valence-electron chi connectivity index (χ1n) is 9.33. The van der Waals surface area contributed by atoms with Crippen molar-refractivity contribution in [1.82, 2.24) is 0 Å². The van der Waals surface area contributed by atoms with Crippen molar-refractivity contribution in [2.45, 2.75) is 13.5 Å². The Morgan fingerprint density at radius 1 is 1.19 bits per heavy atom. The second-order valence-electron chi connectivity index (χ2n) is 6.73. The fraction of sp³-hybridized carbons (Fsp3) is 0.0833. The van der Waals surface area contributed by atoms with Crippen molar-refractivity contribution in [3.8, 4) is 11.8 Å². The van der Waals surface area contributed by atoms with Crippen LogP contribution in [0.5, 0.6) is 5.75 Å². The van der Waals surface area contributed by atoms with Gasteiger partial charge in [-0.1, -0.05) is 47.5 Å². The van der Waals surface area contributed by atoms with Crippen molar-refractivity contribution in [3.63, 3.8) is 0 Å². The van der Waals surface area contributed by atoms with E-state index < -0.39 is 5.91 Å². The Morgan fingerprint density at radius 2 is 1.91 bits per heavy atom. The first kappa shape index (κ1) is 24.6. The summed E-state index contributed by atoms with van der Waals surface area (Å²) < 4.78 is 7.47. The predicted molar refractivity (Wildman–Crippen MR) is 141 cm³/mol. The molecule has 0 bridgehead atoms. The summed E-state index contributed by atoms with van der Waals surface area (Å²) in [5, 5.41) is 13.4. The maximum absolute atomic E-state index is 12.6. The molecule has 0 radical (unpaired) electrons. The SMILES string of the molecule is Cc1c(Cl)cccc1NC(=O)/C(C#N)=C\c1cc(Br)c(OCc2ccccc2Cl)c(I)c1. The molecule has 0 spiro atoms. The number of hydrogen-bond donors (Lipinski definition) is 1. The molecular formula is C24H16BrCl2IN2O2. The van der Waals surface area contributed by atoms with E-state index in [0.29, 0.717) is 38.1 Å². The molecule has 0 aliphatic rings. The Hall–Kier alpha value is -2.05. The molecule has 0 unspecified atom stereocenters. The fourth-order valence-electron chi connectivity index (χ4n) is 2.81. The van der Waals surface area contributed by atoms with Crippen molar-refractivity contribution in [2.24, 2.45) is 0 Å². The Morgan fingerprint density at radius 3 is 2.59 bits per heavy atom. The standard InChI is InChI=1S/C24H16BrCl2IN2O2/c1-14-19(26)7-4-8-22(14)30-24(31)17(12-29)9-15-10-18(25)23(21(28)11-15)32-13-16-5-2-3-6-20(16)27/h2-11H,13H2,1H3,(H,30,31)/b17-9-. The van der Waals surface area contributed by atoms with Crippen LogP contribution in [-0.2, 0) is 11.4 Å². The molecular weight excluding hydrogens is 626 g/mol. The third kappa shape index (κ3) is 6.04. The quantitative estimate of drug-likeness (QED) is 0.170. The highest BCUT2D eigenvalue weighted by atomic mass is 127. The van der Waals surface area contributed by atoms with Gasteiger partial charge < -0.3 is 10.1 Å². The lowest BCUT2D eigenvalue weighted by molar-refractivity contribution is -0.112. The van der Waals surface area contributed by atoms with Crippen LogP contribution in [0.15, 0.2) is 64.6 Å². The minimum atomic E-state index is -0.511. The molecule has 0 aromatic heterocycles. The Balaban J connectivity index is 1.80. The van der Waals surface area contributed by atoms with Gasteiger partial charge in [0.2, 0.25) is 0 Å². The van der Waals surface area contributed by atoms with Gasteiger partial charge in [0.25, 0.3) is 5.91 Å². The van der Waals surface area contributed by atoms with Crippen LogP contribution in [0.25, 0.3) is 6.08 Å². The largest absolute Gasteiger partial charge is 0.487 e. The molecule has 32 heavy (non-hydrogen) atoms. The van der Waals surface area contributed by atoms with Crippen molar-refractivity contribution >= 4 is 79.4 Å². The Bertz CT molecular complexity index is 1230. The lowest BCUT2D eigenvalue weighted by Gasteiger charge is -2.12. The fourth-order valence-corrected chi connectivity index (χ4v) is 4.95. The number of anilines is 1. The maximum Gasteiger partial charge on any atom is 0.266 e. The van der Waals surface area contributed by atoms with E-state index in [1.54, 1.807) is 31.2 Å². The first-order valence-corrected chi connectivity index (χ1v) is 12.0. The predicted octanol–water partition coefficient (Wildman–Crippen LogP) is 7.79. The van der Waals surface area contributed by atoms with E-state index in [1.165, 1.54) is 6.08 Å². The zero-order valence-corrected chi connectivity index (χ0v) is 22.0. The Labute approximate surface area is 218 Å². The van der Waals surface area contributed by atoms with Gasteiger partial charge in [-0.05, 0) is 93.0 Å². The van der Waals surface area contributed by atoms with Crippen molar-refractivity contribution < 1.29 is 9.53 Å². The number of rotatable bonds is 6. The molecule has 3 aromatic carbocycles. The summed E-state index contributed by atoms with van der Waals surface area (Å²) in [6, 6.07) is 18.3. The number of ether oxygens (including phenoxy) is 1. The van der Waals surface area contributed by atoms with Gasteiger partial charge in [0.1, 0.15) is 24.0 Å². The molecule has 162 valence electrons. The minimum Gasteiger partial charge on any atom is -0.487 e. The lowest BCUT2D eigenvalue weighted by Crippen LogP contribution is -2.14. The molecule has 8 heteroatoms. The molecule has 3 aromatic rings. The number of benzene rings is 3. The number of hydrogen-bond acceptors (Lipinski definition) is 3. The molecule has 0 aliphatic heterocycles. The maximum atomic E-state index is 12.6. The van der Waals surface area contributed by atoms with Gasteiger partial charge in [-0.3, -0.25) is 4.79 Å². The van der Waals surface area contributed by atoms with Gasteiger partial charge in [0, 0.05) is 21.3 Å². The average molecular weight is 642 g/mol. The van der Waals surface area contributed by atoms with Crippen molar-refractivity contribution in [3.05, 3.63) is 94.9 Å². The molecule has 1 N–H and O–H groups in total. The van der Waals surface area contributed by atoms with E-state index in [9.17, 15) is 10.1 Å². The zero-order valence-electron chi connectivity index (χ0n) is 16.8. The van der Waals surface area contributed by atoms with Crippen molar-refractivity contribution in [1.29, 1.82) is 5.26 Å². The van der Waals surface area contributed by atoms with Gasteiger partial charge in [-0.2, -0.15) is 5.26 Å². The van der Waals surface area contributed by atoms with E-state index in [-0.39, 0.29) is 5.57 Å². The van der Waals surface area contributed by atoms with Gasteiger partial charge in [-0.15, -0.1) is 0 Å². The summed E-state index contributed by atoms with van der Waals surface area (Å²) in [6.07, 6.45) is 1.53. The number of nitrogens with one attached hydrogen (secondary N) is 1. The van der Waals surface area contributed by atoms with Crippen LogP contribution in [0.4, 0.5) is 5.69 Å². The number of amides is 1. The summed E-state index contributed by atoms with van der Waals surface area (Å²) in [4.78, 5) is 12.6. The molecule has 0 heterocycles. The zero-order chi connectivity index (χ0) is 23.3. The highest BCUT2D eigenvalue weighted by molar-refractivity contribution is 14.1. The van der Waals surface area contributed by atoms with Crippen LogP contribution < -0.4 is 10.1 Å². The van der Waals surface area contributed by atoms with E-state index >= 15 is 0 Å². The molecule has 0 fully saturated rings. The second-order valence-corrected chi connectivity index (χ2v) is 9.56. The van der Waals surface area contributed by atoms with Crippen LogP contribution in [-0.4, -0.2) is 5.91 Å². The molecule has 1 amide bonds. The third-order valence-electron chi connectivity index (χ3n) is 4.54. The number of nitrogens with zero attached hydrogens (tertiary/aromatic N) is 1. The van der Waals surface area contributed by atoms with E-state index in [1.807, 2.05) is 36.4 Å². The van der Waals surface area contributed by atoms with E-state index in [4.69, 9.17) is 27.9 Å². The van der Waals surface area contributed by atoms with E-state index in [0.717, 1.165) is 14.7 Å². The number of nitriles is 1. The van der Waals surface area contributed by atoms with Crippen molar-refractivity contribution in [2.75, 3.05) is 5.32 Å². The van der Waals surface area contributed by atoms with Gasteiger partial charge in [0.05, 0.1) is 8.04 Å². The molecule has 0 saturated heterocycles. The smallest absolute Gasteiger partial charge is 0.266 e. The van der Waals surface area contributed by atoms with Gasteiger partial charge in [0.15, 0.2) is 0 Å². The summed E-state index contributed by atoms with van der Waals surface area (Å²) in [5.41, 5.74) is 2.82. The van der Waals surface area contributed by atoms with Gasteiger partial charge in [-0.25, -0.2) is 0 Å². The first-order chi connectivity index (χ1) is 15.3. The lowest BCUT2D eigenvalue weighted by atomic mass is 10.1. The molecule has 0 saturated carbocycles. The van der Waals surface area contributed by atoms with Gasteiger partial charge >= 0.3 is 0 Å². The highest BCUT2D eigenvalue weighted by Crippen LogP contribution is 2.34. The van der Waals surface area contributed by atoms with Crippen LogP contribution in [0, 0.1) is 21.8 Å². The van der Waals surface area contributed by atoms with Crippen LogP contribution >= 0.6 is 61.7 Å². The van der Waals surface area contributed by atoms with Crippen LogP contribution in [0.1, 0.15) is 16.7 Å². The summed E-state index contributed by atoms with van der Waals surface area (Å²) in [5.74, 6) is 0.142. The van der Waals surface area contributed by atoms with Crippen LogP contribution in [0.2, 0.25) is 10.0 Å². The van der Waals surface area contributed by atoms with Crippen LogP contribution in [0.3, 0.4) is 0 Å². The molecule has 4 nitrogen and oxygen atoms in total. The highest BCUT2D eigenvalue weighted by Gasteiger charge is 2.14. The molecule has 0 atom stereocenters. The van der Waals surface area contributed by atoms with E-state index in [2.05, 4.69) is 43.8 Å². The summed E-state index contributed by atoms with van der Waals surface area (Å²) >= 11 is 18.0. The topological polar surface area (TPSA) is 62.1 Å². The third-order valence-corrected chi connectivity index (χ3v) is 6.71. The average Bonchev–Trinajstić information content (AvgIpc) is 2.75. The number of carbonyl (C=O) groups excluding carboxylic acids is 1. The monoisotopic (exact) mass is 640 g/mol. The minimum absolute atomic E-state index is 0.0307. The summed E-state index contributed by atoms with van der Waals surface area (Å²) in [6.45, 7) is 2.11. The number of halogens is 4. The second kappa shape index (κ2) is 11.2. The Kier molecular flexibility index (Phi) is 8.60. The molecule has 0 aliphatic carbocycles. The number of carbonyl (C=O) groups is 1. The normalized spacial score (nSPS) is 11.1. The summed E-state index contributed by atoms with van der Waals surface area (Å²) in [7, 11) is 0. The molecule has 3 rings (SSSR count).